The molecule has 2 aliphatic rings. The van der Waals surface area contributed by atoms with E-state index < -0.39 is 0 Å². The van der Waals surface area contributed by atoms with E-state index in [0.717, 1.165) is 53.5 Å². The van der Waals surface area contributed by atoms with Crippen molar-refractivity contribution in [2.24, 2.45) is 10.4 Å². The Hall–Kier alpha value is -0.780. The first-order valence-corrected chi connectivity index (χ1v) is 9.16. The number of nitrogens with one attached hydrogen (secondary N) is 2. The van der Waals surface area contributed by atoms with Crippen molar-refractivity contribution in [3.05, 3.63) is 22.2 Å². The standard InChI is InChI=1S/C17H24BrN3O4.HI/c1-19-16(21-9-17(2-4-22)3-5-23-10-17)20-8-12-6-13(18)15-14(7-12)24-11-25-15;/h6-7,22H,2-5,8-11H2,1H3,(H2,19,20,21);1H. The number of halogens is 2. The van der Waals surface area contributed by atoms with E-state index in [9.17, 15) is 5.11 Å². The van der Waals surface area contributed by atoms with Crippen molar-refractivity contribution < 1.29 is 19.3 Å². The minimum absolute atomic E-state index is 0. The van der Waals surface area contributed by atoms with E-state index in [-0.39, 0.29) is 42.8 Å². The normalized spacial score (nSPS) is 21.4. The summed E-state index contributed by atoms with van der Waals surface area (Å²) in [5, 5.41) is 16.0. The molecule has 1 unspecified atom stereocenters. The molecule has 2 heterocycles. The van der Waals surface area contributed by atoms with Gasteiger partial charge in [-0.1, -0.05) is 0 Å². The van der Waals surface area contributed by atoms with Crippen LogP contribution in [0.4, 0.5) is 0 Å². The Kier molecular flexibility index (Phi) is 8.24. The largest absolute Gasteiger partial charge is 0.454 e. The Morgan fingerprint density at radius 3 is 2.88 bits per heavy atom. The maximum atomic E-state index is 9.31. The van der Waals surface area contributed by atoms with Crippen LogP contribution < -0.4 is 20.1 Å². The van der Waals surface area contributed by atoms with Gasteiger partial charge in [0.2, 0.25) is 6.79 Å². The molecule has 3 N–H and O–H groups in total. The third-order valence-electron chi connectivity index (χ3n) is 4.63. The van der Waals surface area contributed by atoms with Crippen molar-refractivity contribution in [1.29, 1.82) is 0 Å². The molecule has 1 atom stereocenters. The predicted octanol–water partition coefficient (Wildman–Crippen LogP) is 2.25. The molecule has 0 radical (unpaired) electrons. The van der Waals surface area contributed by atoms with Gasteiger partial charge in [-0.25, -0.2) is 0 Å². The lowest BCUT2D eigenvalue weighted by molar-refractivity contribution is 0.127. The maximum absolute atomic E-state index is 9.31. The van der Waals surface area contributed by atoms with Crippen molar-refractivity contribution >= 4 is 45.9 Å². The minimum Gasteiger partial charge on any atom is -0.454 e. The number of nitrogens with zero attached hydrogens (tertiary/aromatic N) is 1. The van der Waals surface area contributed by atoms with Crippen LogP contribution in [0.15, 0.2) is 21.6 Å². The summed E-state index contributed by atoms with van der Waals surface area (Å²) in [5.74, 6) is 2.22. The third kappa shape index (κ3) is 5.14. The van der Waals surface area contributed by atoms with E-state index in [1.807, 2.05) is 12.1 Å². The zero-order valence-corrected chi connectivity index (χ0v) is 18.6. The fourth-order valence-corrected chi connectivity index (χ4v) is 3.72. The van der Waals surface area contributed by atoms with Gasteiger partial charge in [0.15, 0.2) is 17.5 Å². The van der Waals surface area contributed by atoms with Crippen LogP contribution in [-0.4, -0.2) is 51.3 Å². The molecule has 146 valence electrons. The quantitative estimate of drug-likeness (QED) is 0.291. The summed E-state index contributed by atoms with van der Waals surface area (Å²) in [6, 6.07) is 3.97. The summed E-state index contributed by atoms with van der Waals surface area (Å²) < 4.78 is 17.3. The molecule has 26 heavy (non-hydrogen) atoms. The smallest absolute Gasteiger partial charge is 0.231 e. The van der Waals surface area contributed by atoms with Gasteiger partial charge in [-0.15, -0.1) is 24.0 Å². The molecule has 3 rings (SSSR count). The Morgan fingerprint density at radius 1 is 1.35 bits per heavy atom. The Labute approximate surface area is 179 Å². The van der Waals surface area contributed by atoms with Crippen LogP contribution in [-0.2, 0) is 11.3 Å². The summed E-state index contributed by atoms with van der Waals surface area (Å²) in [5.41, 5.74) is 1.04. The molecule has 1 aromatic carbocycles. The molecule has 0 aromatic heterocycles. The number of ether oxygens (including phenoxy) is 3. The van der Waals surface area contributed by atoms with E-state index in [4.69, 9.17) is 14.2 Å². The first-order chi connectivity index (χ1) is 12.2. The van der Waals surface area contributed by atoms with Crippen LogP contribution in [0.5, 0.6) is 11.5 Å². The average molecular weight is 542 g/mol. The number of guanidine groups is 1. The number of aliphatic imine (C=N–C) groups is 1. The van der Waals surface area contributed by atoms with Gasteiger partial charge in [-0.2, -0.15) is 0 Å². The highest BCUT2D eigenvalue weighted by Crippen LogP contribution is 2.39. The topological polar surface area (TPSA) is 84.3 Å². The van der Waals surface area contributed by atoms with Crippen molar-refractivity contribution in [2.75, 3.05) is 40.2 Å². The number of benzene rings is 1. The zero-order valence-electron chi connectivity index (χ0n) is 14.7. The van der Waals surface area contributed by atoms with Crippen LogP contribution in [0.2, 0.25) is 0 Å². The summed E-state index contributed by atoms with van der Waals surface area (Å²) in [7, 11) is 1.74. The molecule has 0 saturated carbocycles. The summed E-state index contributed by atoms with van der Waals surface area (Å²) in [6.07, 6.45) is 1.68. The van der Waals surface area contributed by atoms with E-state index in [1.165, 1.54) is 0 Å². The molecule has 9 heteroatoms. The molecule has 2 aliphatic heterocycles. The van der Waals surface area contributed by atoms with Crippen LogP contribution in [0.3, 0.4) is 0 Å². The highest BCUT2D eigenvalue weighted by atomic mass is 127. The van der Waals surface area contributed by atoms with Gasteiger partial charge in [0.05, 0.1) is 11.1 Å². The minimum atomic E-state index is -0.0197. The lowest BCUT2D eigenvalue weighted by atomic mass is 9.84. The van der Waals surface area contributed by atoms with Crippen molar-refractivity contribution in [3.63, 3.8) is 0 Å². The number of fused-ring (bicyclic) bond motifs is 1. The Bertz CT molecular complexity index is 639. The van der Waals surface area contributed by atoms with Crippen molar-refractivity contribution in [2.45, 2.75) is 19.4 Å². The number of hydrogen-bond acceptors (Lipinski definition) is 5. The van der Waals surface area contributed by atoms with Crippen LogP contribution in [0.1, 0.15) is 18.4 Å². The summed E-state index contributed by atoms with van der Waals surface area (Å²) >= 11 is 3.51. The molecule has 0 aliphatic carbocycles. The molecule has 0 spiro atoms. The molecular formula is C17H25BrIN3O4. The molecular weight excluding hydrogens is 517 g/mol. The maximum Gasteiger partial charge on any atom is 0.231 e. The number of rotatable bonds is 6. The molecule has 1 saturated heterocycles. The van der Waals surface area contributed by atoms with Gasteiger partial charge in [0.1, 0.15) is 0 Å². The van der Waals surface area contributed by atoms with Crippen LogP contribution >= 0.6 is 39.9 Å². The van der Waals surface area contributed by atoms with Gasteiger partial charge in [-0.3, -0.25) is 4.99 Å². The van der Waals surface area contributed by atoms with Gasteiger partial charge >= 0.3 is 0 Å². The molecule has 1 aromatic rings. The fourth-order valence-electron chi connectivity index (χ4n) is 3.11. The highest BCUT2D eigenvalue weighted by molar-refractivity contribution is 14.0. The molecule has 0 amide bonds. The second kappa shape index (κ2) is 9.95. The van der Waals surface area contributed by atoms with Crippen molar-refractivity contribution in [3.8, 4) is 11.5 Å². The Balaban J connectivity index is 0.00000243. The number of hydrogen-bond donors (Lipinski definition) is 3. The molecule has 7 nitrogen and oxygen atoms in total. The second-order valence-electron chi connectivity index (χ2n) is 6.37. The first-order valence-electron chi connectivity index (χ1n) is 8.37. The van der Waals surface area contributed by atoms with E-state index in [1.54, 1.807) is 7.05 Å². The number of aliphatic hydroxyl groups excluding tert-OH is 1. The van der Waals surface area contributed by atoms with Gasteiger partial charge in [0, 0.05) is 38.8 Å². The van der Waals surface area contributed by atoms with Crippen LogP contribution in [0, 0.1) is 5.41 Å². The summed E-state index contributed by atoms with van der Waals surface area (Å²) in [6.45, 7) is 3.17. The van der Waals surface area contributed by atoms with E-state index in [2.05, 4.69) is 31.6 Å². The predicted molar refractivity (Wildman–Crippen MR) is 113 cm³/mol. The number of aliphatic hydroxyl groups is 1. The lowest BCUT2D eigenvalue weighted by Crippen LogP contribution is -2.44. The van der Waals surface area contributed by atoms with E-state index >= 15 is 0 Å². The van der Waals surface area contributed by atoms with Crippen molar-refractivity contribution in [1.82, 2.24) is 10.6 Å². The summed E-state index contributed by atoms with van der Waals surface area (Å²) in [4.78, 5) is 4.27. The second-order valence-corrected chi connectivity index (χ2v) is 7.22. The lowest BCUT2D eigenvalue weighted by Gasteiger charge is -2.27. The van der Waals surface area contributed by atoms with E-state index in [0.29, 0.717) is 13.2 Å². The first kappa shape index (κ1) is 21.5. The van der Waals surface area contributed by atoms with Gasteiger partial charge < -0.3 is 30.0 Å². The van der Waals surface area contributed by atoms with Gasteiger partial charge in [-0.05, 0) is 46.5 Å². The molecule has 0 bridgehead atoms. The van der Waals surface area contributed by atoms with Gasteiger partial charge in [0.25, 0.3) is 0 Å². The third-order valence-corrected chi connectivity index (χ3v) is 5.22. The molecule has 1 fully saturated rings. The average Bonchev–Trinajstić information content (AvgIpc) is 3.25. The monoisotopic (exact) mass is 541 g/mol. The SMILES string of the molecule is CN=C(NCc1cc(Br)c2c(c1)OCO2)NCC1(CCO)CCOC1.I. The fraction of sp³-hybridized carbons (Fsp3) is 0.588. The Morgan fingerprint density at radius 2 is 2.19 bits per heavy atom. The highest BCUT2D eigenvalue weighted by Gasteiger charge is 2.34. The van der Waals surface area contributed by atoms with Crippen LogP contribution in [0.25, 0.3) is 0 Å². The zero-order chi connectivity index (χ0) is 17.7.